The van der Waals surface area contributed by atoms with Crippen molar-refractivity contribution in [1.82, 2.24) is 4.98 Å². The quantitative estimate of drug-likeness (QED) is 0.788. The van der Waals surface area contributed by atoms with Gasteiger partial charge in [-0.15, -0.1) is 0 Å². The van der Waals surface area contributed by atoms with Gasteiger partial charge in [0, 0.05) is 20.2 Å². The number of hydrogen-bond acceptors (Lipinski definition) is 3. The van der Waals surface area contributed by atoms with Crippen molar-refractivity contribution in [2.24, 2.45) is 0 Å². The first kappa shape index (κ1) is 14.2. The second-order valence-electron chi connectivity index (χ2n) is 4.44. The molecule has 0 bridgehead atoms. The molecule has 2 heterocycles. The van der Waals surface area contributed by atoms with Gasteiger partial charge in [-0.1, -0.05) is 34.8 Å². The first-order valence-corrected chi connectivity index (χ1v) is 7.05. The molecule has 1 aromatic heterocycles. The van der Waals surface area contributed by atoms with Crippen LogP contribution in [0.4, 0.5) is 5.82 Å². The lowest BCUT2D eigenvalue weighted by atomic mass is 10.1. The van der Waals surface area contributed by atoms with Gasteiger partial charge in [0.25, 0.3) is 0 Å². The highest BCUT2D eigenvalue weighted by Gasteiger charge is 2.19. The Kier molecular flexibility index (Phi) is 4.96. The number of rotatable bonds is 3. The van der Waals surface area contributed by atoms with Crippen LogP contribution >= 0.6 is 34.8 Å². The summed E-state index contributed by atoms with van der Waals surface area (Å²) in [6.07, 6.45) is 3.66. The molecule has 1 fully saturated rings. The van der Waals surface area contributed by atoms with Crippen LogP contribution in [0, 0.1) is 0 Å². The lowest BCUT2D eigenvalue weighted by Gasteiger charge is -2.28. The summed E-state index contributed by atoms with van der Waals surface area (Å²) in [5.41, 5.74) is 0. The van der Waals surface area contributed by atoms with Crippen molar-refractivity contribution < 1.29 is 4.74 Å². The Morgan fingerprint density at radius 3 is 2.78 bits per heavy atom. The number of ether oxygens (including phenoxy) is 1. The third-order valence-corrected chi connectivity index (χ3v) is 3.93. The Morgan fingerprint density at radius 2 is 2.11 bits per heavy atom. The molecule has 18 heavy (non-hydrogen) atoms. The molecule has 0 saturated carbocycles. The summed E-state index contributed by atoms with van der Waals surface area (Å²) in [5, 5.41) is 1.14. The Morgan fingerprint density at radius 1 is 1.33 bits per heavy atom. The minimum Gasteiger partial charge on any atom is -0.376 e. The molecular weight excluding hydrogens is 295 g/mol. The molecule has 1 atom stereocenters. The Balaban J connectivity index is 2.08. The Hall–Kier alpha value is -0.220. The number of hydrogen-bond donors (Lipinski definition) is 0. The normalized spacial score (nSPS) is 19.9. The first-order chi connectivity index (χ1) is 8.58. The van der Waals surface area contributed by atoms with Crippen molar-refractivity contribution in [2.75, 3.05) is 25.1 Å². The van der Waals surface area contributed by atoms with Gasteiger partial charge in [0.1, 0.15) is 11.0 Å². The van der Waals surface area contributed by atoms with Crippen molar-refractivity contribution in [3.63, 3.8) is 0 Å². The molecular formula is C12H15Cl3N2O. The van der Waals surface area contributed by atoms with Crippen molar-refractivity contribution in [1.29, 1.82) is 0 Å². The van der Waals surface area contributed by atoms with E-state index in [1.54, 1.807) is 6.07 Å². The van der Waals surface area contributed by atoms with Crippen LogP contribution in [0.2, 0.25) is 15.2 Å². The van der Waals surface area contributed by atoms with Crippen molar-refractivity contribution in [3.05, 3.63) is 21.3 Å². The SMILES string of the molecule is CN(CC1CCCCO1)c1nc(Cl)c(Cl)cc1Cl. The summed E-state index contributed by atoms with van der Waals surface area (Å²) in [6.45, 7) is 1.59. The zero-order valence-electron chi connectivity index (χ0n) is 10.1. The van der Waals surface area contributed by atoms with E-state index in [1.807, 2.05) is 11.9 Å². The van der Waals surface area contributed by atoms with Crippen LogP contribution in [0.5, 0.6) is 0 Å². The lowest BCUT2D eigenvalue weighted by Crippen LogP contribution is -2.33. The average molecular weight is 310 g/mol. The fraction of sp³-hybridized carbons (Fsp3) is 0.583. The van der Waals surface area contributed by atoms with Crippen LogP contribution in [0.3, 0.4) is 0 Å². The van der Waals surface area contributed by atoms with Crippen molar-refractivity contribution in [2.45, 2.75) is 25.4 Å². The van der Waals surface area contributed by atoms with Gasteiger partial charge < -0.3 is 9.64 Å². The molecule has 2 rings (SSSR count). The molecule has 3 nitrogen and oxygen atoms in total. The summed E-state index contributed by atoms with van der Waals surface area (Å²) >= 11 is 17.9. The van der Waals surface area contributed by atoms with Crippen LogP contribution in [0.25, 0.3) is 0 Å². The predicted molar refractivity (Wildman–Crippen MR) is 76.1 cm³/mol. The van der Waals surface area contributed by atoms with E-state index in [-0.39, 0.29) is 11.3 Å². The number of nitrogens with zero attached hydrogens (tertiary/aromatic N) is 2. The maximum atomic E-state index is 6.13. The van der Waals surface area contributed by atoms with Gasteiger partial charge in [-0.2, -0.15) is 0 Å². The maximum absolute atomic E-state index is 6.13. The van der Waals surface area contributed by atoms with Crippen LogP contribution < -0.4 is 4.90 Å². The molecule has 0 amide bonds. The smallest absolute Gasteiger partial charge is 0.150 e. The molecule has 1 aliphatic rings. The zero-order chi connectivity index (χ0) is 13.1. The van der Waals surface area contributed by atoms with Crippen LogP contribution in [-0.4, -0.2) is 31.3 Å². The fourth-order valence-corrected chi connectivity index (χ4v) is 2.68. The summed E-state index contributed by atoms with van der Waals surface area (Å²) in [7, 11) is 1.93. The number of aromatic nitrogens is 1. The highest BCUT2D eigenvalue weighted by Crippen LogP contribution is 2.31. The van der Waals surface area contributed by atoms with Gasteiger partial charge in [-0.3, -0.25) is 0 Å². The summed E-state index contributed by atoms with van der Waals surface area (Å²) in [4.78, 5) is 6.17. The topological polar surface area (TPSA) is 25.4 Å². The van der Waals surface area contributed by atoms with E-state index in [0.29, 0.717) is 15.9 Å². The van der Waals surface area contributed by atoms with Crippen LogP contribution in [0.1, 0.15) is 19.3 Å². The van der Waals surface area contributed by atoms with Gasteiger partial charge in [-0.25, -0.2) is 4.98 Å². The van der Waals surface area contributed by atoms with Gasteiger partial charge >= 0.3 is 0 Å². The van der Waals surface area contributed by atoms with Crippen molar-refractivity contribution >= 4 is 40.6 Å². The first-order valence-electron chi connectivity index (χ1n) is 5.92. The van der Waals surface area contributed by atoms with Gasteiger partial charge in [0.05, 0.1) is 16.1 Å². The van der Waals surface area contributed by atoms with E-state index in [4.69, 9.17) is 39.5 Å². The van der Waals surface area contributed by atoms with E-state index in [9.17, 15) is 0 Å². The standard InChI is InChI=1S/C12H15Cl3N2O/c1-17(7-8-4-2-3-5-18-8)12-10(14)6-9(13)11(15)16-12/h6,8H,2-5,7H2,1H3. The largest absolute Gasteiger partial charge is 0.376 e. The van der Waals surface area contributed by atoms with Gasteiger partial charge in [0.15, 0.2) is 0 Å². The third-order valence-electron chi connectivity index (χ3n) is 2.98. The minimum atomic E-state index is 0.232. The summed E-state index contributed by atoms with van der Waals surface area (Å²) in [5.74, 6) is 0.639. The minimum absolute atomic E-state index is 0.232. The molecule has 1 saturated heterocycles. The third kappa shape index (κ3) is 3.41. The molecule has 100 valence electrons. The summed E-state index contributed by atoms with van der Waals surface area (Å²) in [6, 6.07) is 1.62. The number of anilines is 1. The second-order valence-corrected chi connectivity index (χ2v) is 5.61. The second kappa shape index (κ2) is 6.29. The molecule has 0 aromatic carbocycles. The van der Waals surface area contributed by atoms with E-state index >= 15 is 0 Å². The Bertz CT molecular complexity index is 422. The molecule has 6 heteroatoms. The van der Waals surface area contributed by atoms with Crippen LogP contribution in [0.15, 0.2) is 6.07 Å². The van der Waals surface area contributed by atoms with E-state index in [1.165, 1.54) is 6.42 Å². The molecule has 0 N–H and O–H groups in total. The summed E-state index contributed by atoms with van der Waals surface area (Å²) < 4.78 is 5.69. The van der Waals surface area contributed by atoms with E-state index < -0.39 is 0 Å². The van der Waals surface area contributed by atoms with Crippen molar-refractivity contribution in [3.8, 4) is 0 Å². The zero-order valence-corrected chi connectivity index (χ0v) is 12.4. The van der Waals surface area contributed by atoms with Gasteiger partial charge in [0.2, 0.25) is 0 Å². The number of pyridine rings is 1. The lowest BCUT2D eigenvalue weighted by molar-refractivity contribution is 0.0215. The highest BCUT2D eigenvalue weighted by molar-refractivity contribution is 6.42. The highest BCUT2D eigenvalue weighted by atomic mass is 35.5. The average Bonchev–Trinajstić information content (AvgIpc) is 2.35. The van der Waals surface area contributed by atoms with Crippen LogP contribution in [-0.2, 0) is 4.74 Å². The van der Waals surface area contributed by atoms with E-state index in [2.05, 4.69) is 4.98 Å². The maximum Gasteiger partial charge on any atom is 0.150 e. The fourth-order valence-electron chi connectivity index (χ4n) is 2.05. The molecule has 0 aliphatic carbocycles. The monoisotopic (exact) mass is 308 g/mol. The molecule has 1 unspecified atom stereocenters. The molecule has 0 spiro atoms. The molecule has 0 radical (unpaired) electrons. The van der Waals surface area contributed by atoms with E-state index in [0.717, 1.165) is 26.0 Å². The van der Waals surface area contributed by atoms with Gasteiger partial charge in [-0.05, 0) is 25.3 Å². The number of halogens is 3. The molecule has 1 aliphatic heterocycles. The number of likely N-dealkylation sites (N-methyl/N-ethyl adjacent to an activating group) is 1. The predicted octanol–water partition coefficient (Wildman–Crippen LogP) is 4.05. The Labute approximate surface area is 122 Å². The molecule has 1 aromatic rings.